The van der Waals surface area contributed by atoms with Gasteiger partial charge >= 0.3 is 0 Å². The summed E-state index contributed by atoms with van der Waals surface area (Å²) in [5.41, 5.74) is 2.12. The van der Waals surface area contributed by atoms with Crippen LogP contribution in [0.5, 0.6) is 5.75 Å². The quantitative estimate of drug-likeness (QED) is 0.720. The topological polar surface area (TPSA) is 76.6 Å². The highest BCUT2D eigenvalue weighted by Gasteiger charge is 2.56. The number of carbonyl (C=O) groups excluding carboxylic acids is 1. The first-order valence-corrected chi connectivity index (χ1v) is 11.6. The molecule has 1 spiro atoms. The summed E-state index contributed by atoms with van der Waals surface area (Å²) in [6.45, 7) is 9.38. The van der Waals surface area contributed by atoms with Crippen molar-refractivity contribution in [3.63, 3.8) is 0 Å². The van der Waals surface area contributed by atoms with Crippen LogP contribution in [-0.4, -0.2) is 52.6 Å². The highest BCUT2D eigenvalue weighted by atomic mass is 16.5. The maximum Gasteiger partial charge on any atom is 0.222 e. The molecule has 0 saturated carbocycles. The molecule has 1 amide bonds. The fourth-order valence-corrected chi connectivity index (χ4v) is 5.40. The number of fused-ring (bicyclic) bond motifs is 3. The molecule has 7 nitrogen and oxygen atoms in total. The van der Waals surface area contributed by atoms with Crippen molar-refractivity contribution < 1.29 is 14.3 Å². The second-order valence-electron chi connectivity index (χ2n) is 10.1. The van der Waals surface area contributed by atoms with Crippen molar-refractivity contribution in [2.24, 2.45) is 11.3 Å². The zero-order chi connectivity index (χ0) is 22.3. The minimum Gasteiger partial charge on any atom is -0.487 e. The van der Waals surface area contributed by atoms with Crippen LogP contribution < -0.4 is 10.1 Å². The average Bonchev–Trinajstić information content (AvgIpc) is 2.75. The van der Waals surface area contributed by atoms with Crippen LogP contribution in [0.3, 0.4) is 0 Å². The van der Waals surface area contributed by atoms with Gasteiger partial charge in [-0.2, -0.15) is 0 Å². The van der Waals surface area contributed by atoms with Crippen molar-refractivity contribution >= 4 is 11.9 Å². The Morgan fingerprint density at radius 2 is 2.03 bits per heavy atom. The normalized spacial score (nSPS) is 24.7. The zero-order valence-corrected chi connectivity index (χ0v) is 19.1. The number of amides is 1. The van der Waals surface area contributed by atoms with Gasteiger partial charge in [0.25, 0.3) is 0 Å². The van der Waals surface area contributed by atoms with Gasteiger partial charge in [-0.25, -0.2) is 9.97 Å². The summed E-state index contributed by atoms with van der Waals surface area (Å²) in [6, 6.07) is 8.18. The lowest BCUT2D eigenvalue weighted by Crippen LogP contribution is -2.65. The van der Waals surface area contributed by atoms with Gasteiger partial charge in [0.2, 0.25) is 11.9 Å². The van der Waals surface area contributed by atoms with E-state index in [2.05, 4.69) is 54.3 Å². The molecule has 7 heteroatoms. The van der Waals surface area contributed by atoms with Crippen LogP contribution in [0, 0.1) is 18.3 Å². The van der Waals surface area contributed by atoms with Crippen LogP contribution in [0.25, 0.3) is 0 Å². The molecule has 2 aromatic rings. The summed E-state index contributed by atoms with van der Waals surface area (Å²) in [6.07, 6.45) is 5.79. The third kappa shape index (κ3) is 3.94. The van der Waals surface area contributed by atoms with Crippen LogP contribution in [0.4, 0.5) is 5.95 Å². The number of aromatic nitrogens is 2. The van der Waals surface area contributed by atoms with Gasteiger partial charge in [-0.3, -0.25) is 4.79 Å². The van der Waals surface area contributed by atoms with E-state index in [9.17, 15) is 4.79 Å². The van der Waals surface area contributed by atoms with E-state index in [0.717, 1.165) is 37.2 Å². The van der Waals surface area contributed by atoms with Gasteiger partial charge in [-0.05, 0) is 51.3 Å². The van der Waals surface area contributed by atoms with E-state index < -0.39 is 0 Å². The Kier molecular flexibility index (Phi) is 5.32. The number of carbonyl (C=O) groups is 1. The predicted octanol–water partition coefficient (Wildman–Crippen LogP) is 3.75. The smallest absolute Gasteiger partial charge is 0.222 e. The van der Waals surface area contributed by atoms with Gasteiger partial charge in [0.05, 0.1) is 12.7 Å². The number of anilines is 1. The molecule has 2 fully saturated rings. The fraction of sp³-hybridized carbons (Fsp3) is 0.560. The third-order valence-electron chi connectivity index (χ3n) is 7.15. The van der Waals surface area contributed by atoms with Gasteiger partial charge < -0.3 is 19.7 Å². The molecule has 1 aromatic carbocycles. The molecule has 0 aliphatic carbocycles. The number of nitrogens with zero attached hydrogens (tertiary/aromatic N) is 3. The van der Waals surface area contributed by atoms with Crippen molar-refractivity contribution in [1.29, 1.82) is 0 Å². The first-order chi connectivity index (χ1) is 15.4. The molecule has 4 heterocycles. The molecule has 2 atom stereocenters. The minimum atomic E-state index is -0.297. The molecule has 170 valence electrons. The van der Waals surface area contributed by atoms with Gasteiger partial charge in [0, 0.05) is 55.3 Å². The molecular formula is C25H32N4O3. The summed E-state index contributed by atoms with van der Waals surface area (Å²) < 4.78 is 12.9. The molecule has 3 aliphatic rings. The van der Waals surface area contributed by atoms with E-state index in [-0.39, 0.29) is 28.9 Å². The van der Waals surface area contributed by atoms with Crippen LogP contribution in [0.1, 0.15) is 50.3 Å². The highest BCUT2D eigenvalue weighted by Crippen LogP contribution is 2.55. The molecule has 0 unspecified atom stereocenters. The summed E-state index contributed by atoms with van der Waals surface area (Å²) in [5.74, 6) is 2.05. The lowest BCUT2D eigenvalue weighted by molar-refractivity contribution is -0.201. The van der Waals surface area contributed by atoms with Crippen LogP contribution in [-0.2, 0) is 9.53 Å². The van der Waals surface area contributed by atoms with Gasteiger partial charge in [-0.15, -0.1) is 0 Å². The Balaban J connectivity index is 1.15. The number of ether oxygens (including phenoxy) is 2. The standard InChI is InChI=1S/C25H32N4O3/c1-17-7-8-18-20(12-17)32-24(2,3)19-13-25(16-31-22(18)19)14-29(15-25)21(30)6-4-9-26-23-27-10-5-11-28-23/h5,7-8,10-12,19,22H,4,6,9,13-16H2,1-3H3,(H,26,27,28)/t19-,22+/m0/s1. The van der Waals surface area contributed by atoms with E-state index in [0.29, 0.717) is 25.5 Å². The fourth-order valence-electron chi connectivity index (χ4n) is 5.40. The van der Waals surface area contributed by atoms with E-state index in [1.807, 2.05) is 4.90 Å². The Labute approximate surface area is 189 Å². The number of likely N-dealkylation sites (tertiary alicyclic amines) is 1. The van der Waals surface area contributed by atoms with Crippen LogP contribution in [0.2, 0.25) is 0 Å². The number of nitrogens with one attached hydrogen (secondary N) is 1. The van der Waals surface area contributed by atoms with Crippen LogP contribution >= 0.6 is 0 Å². The molecule has 1 aromatic heterocycles. The number of hydrogen-bond donors (Lipinski definition) is 1. The summed E-state index contributed by atoms with van der Waals surface area (Å²) in [5, 5.41) is 3.16. The highest BCUT2D eigenvalue weighted by molar-refractivity contribution is 5.77. The van der Waals surface area contributed by atoms with E-state index in [1.54, 1.807) is 18.5 Å². The largest absolute Gasteiger partial charge is 0.487 e. The lowest BCUT2D eigenvalue weighted by Gasteiger charge is -2.58. The maximum atomic E-state index is 12.7. The number of rotatable bonds is 5. The molecule has 3 aliphatic heterocycles. The molecular weight excluding hydrogens is 404 g/mol. The Bertz CT molecular complexity index is 988. The SMILES string of the molecule is Cc1ccc2c(c1)OC(C)(C)[C@H]1CC3(CO[C@H]21)CN(C(=O)CCCNc1ncccn1)C3. The van der Waals surface area contributed by atoms with Crippen molar-refractivity contribution in [3.8, 4) is 5.75 Å². The molecule has 5 rings (SSSR count). The minimum absolute atomic E-state index is 0.0514. The predicted molar refractivity (Wildman–Crippen MR) is 121 cm³/mol. The zero-order valence-electron chi connectivity index (χ0n) is 19.1. The second-order valence-corrected chi connectivity index (χ2v) is 10.1. The molecule has 0 bridgehead atoms. The summed E-state index contributed by atoms with van der Waals surface area (Å²) in [7, 11) is 0. The number of benzene rings is 1. The molecule has 32 heavy (non-hydrogen) atoms. The average molecular weight is 437 g/mol. The number of hydrogen-bond acceptors (Lipinski definition) is 6. The first kappa shape index (κ1) is 21.2. The van der Waals surface area contributed by atoms with Gasteiger partial charge in [-0.1, -0.05) is 12.1 Å². The van der Waals surface area contributed by atoms with Gasteiger partial charge in [0.1, 0.15) is 11.4 Å². The Hall–Kier alpha value is -2.67. The molecule has 0 radical (unpaired) electrons. The third-order valence-corrected chi connectivity index (χ3v) is 7.15. The Morgan fingerprint density at radius 1 is 1.25 bits per heavy atom. The van der Waals surface area contributed by atoms with Crippen molar-refractivity contribution in [2.75, 3.05) is 31.6 Å². The Morgan fingerprint density at radius 3 is 2.81 bits per heavy atom. The van der Waals surface area contributed by atoms with E-state index >= 15 is 0 Å². The van der Waals surface area contributed by atoms with Crippen molar-refractivity contribution in [1.82, 2.24) is 14.9 Å². The molecule has 1 N–H and O–H groups in total. The second kappa shape index (κ2) is 8.03. The van der Waals surface area contributed by atoms with Crippen LogP contribution in [0.15, 0.2) is 36.7 Å². The maximum absolute atomic E-state index is 12.7. The monoisotopic (exact) mass is 436 g/mol. The van der Waals surface area contributed by atoms with E-state index in [1.165, 1.54) is 5.56 Å². The summed E-state index contributed by atoms with van der Waals surface area (Å²) in [4.78, 5) is 22.9. The summed E-state index contributed by atoms with van der Waals surface area (Å²) >= 11 is 0. The van der Waals surface area contributed by atoms with Crippen molar-refractivity contribution in [2.45, 2.75) is 51.7 Å². The van der Waals surface area contributed by atoms with Gasteiger partial charge in [0.15, 0.2) is 0 Å². The lowest BCUT2D eigenvalue weighted by atomic mass is 9.64. The number of aryl methyl sites for hydroxylation is 1. The first-order valence-electron chi connectivity index (χ1n) is 11.6. The van der Waals surface area contributed by atoms with E-state index in [4.69, 9.17) is 9.47 Å². The van der Waals surface area contributed by atoms with Crippen molar-refractivity contribution in [3.05, 3.63) is 47.8 Å². The molecule has 2 saturated heterocycles.